The van der Waals surface area contributed by atoms with Gasteiger partial charge in [0.1, 0.15) is 5.75 Å². The summed E-state index contributed by atoms with van der Waals surface area (Å²) in [6.45, 7) is 1.18. The van der Waals surface area contributed by atoms with E-state index in [0.717, 1.165) is 25.1 Å². The van der Waals surface area contributed by atoms with Gasteiger partial charge in [-0.15, -0.1) is 0 Å². The number of methoxy groups -OCH3 is 1. The molecule has 2 aromatic rings. The van der Waals surface area contributed by atoms with Crippen molar-refractivity contribution in [2.75, 3.05) is 32.1 Å². The third-order valence-electron chi connectivity index (χ3n) is 5.02. The largest absolute Gasteiger partial charge is 0.497 e. The van der Waals surface area contributed by atoms with Crippen LogP contribution in [0.5, 0.6) is 5.75 Å². The van der Waals surface area contributed by atoms with Crippen LogP contribution in [0.1, 0.15) is 24.4 Å². The smallest absolute Gasteiger partial charge is 0.269 e. The summed E-state index contributed by atoms with van der Waals surface area (Å²) in [4.78, 5) is 26.8. The Bertz CT molecular complexity index is 805. The van der Waals surface area contributed by atoms with Gasteiger partial charge in [0.05, 0.1) is 18.6 Å². The van der Waals surface area contributed by atoms with Crippen molar-refractivity contribution >= 4 is 17.3 Å². The summed E-state index contributed by atoms with van der Waals surface area (Å²) >= 11 is 0. The number of nitro benzene ring substituents is 1. The van der Waals surface area contributed by atoms with Crippen molar-refractivity contribution in [3.63, 3.8) is 0 Å². The standard InChI is InChI=1S/C20H23N3O4/c1-21(16-7-9-17(10-8-16)23(25)26)20(24)14-22-13-3-4-19(22)15-5-11-18(27-2)12-6-15/h5-12,19H,3-4,13-14H2,1-2H3. The summed E-state index contributed by atoms with van der Waals surface area (Å²) in [6.07, 6.45) is 2.06. The Morgan fingerprint density at radius 1 is 1.22 bits per heavy atom. The highest BCUT2D eigenvalue weighted by atomic mass is 16.6. The Hall–Kier alpha value is -2.93. The molecule has 1 unspecified atom stereocenters. The van der Waals surface area contributed by atoms with Gasteiger partial charge in [0.25, 0.3) is 5.69 Å². The average Bonchev–Trinajstić information content (AvgIpc) is 3.15. The molecule has 0 radical (unpaired) electrons. The number of nitrogens with zero attached hydrogens (tertiary/aromatic N) is 3. The lowest BCUT2D eigenvalue weighted by Crippen LogP contribution is -2.38. The van der Waals surface area contributed by atoms with Crippen molar-refractivity contribution < 1.29 is 14.5 Å². The van der Waals surface area contributed by atoms with Gasteiger partial charge in [-0.1, -0.05) is 12.1 Å². The number of amides is 1. The fraction of sp³-hybridized carbons (Fsp3) is 0.350. The summed E-state index contributed by atoms with van der Waals surface area (Å²) in [5.74, 6) is 0.779. The molecule has 142 valence electrons. The molecule has 1 fully saturated rings. The Morgan fingerprint density at radius 2 is 1.89 bits per heavy atom. The number of carbonyl (C=O) groups excluding carboxylic acids is 1. The first-order valence-corrected chi connectivity index (χ1v) is 8.88. The molecule has 0 bridgehead atoms. The van der Waals surface area contributed by atoms with Crippen LogP contribution in [0.3, 0.4) is 0 Å². The van der Waals surface area contributed by atoms with E-state index in [1.54, 1.807) is 31.2 Å². The Balaban J connectivity index is 1.67. The first-order valence-electron chi connectivity index (χ1n) is 8.88. The van der Waals surface area contributed by atoms with Crippen LogP contribution in [0.25, 0.3) is 0 Å². The minimum absolute atomic E-state index is 0.0127. The number of nitro groups is 1. The highest BCUT2D eigenvalue weighted by molar-refractivity contribution is 5.94. The first kappa shape index (κ1) is 18.8. The molecule has 27 heavy (non-hydrogen) atoms. The zero-order valence-electron chi connectivity index (χ0n) is 15.5. The van der Waals surface area contributed by atoms with E-state index in [-0.39, 0.29) is 17.6 Å². The van der Waals surface area contributed by atoms with Crippen LogP contribution < -0.4 is 9.64 Å². The number of non-ortho nitro benzene ring substituents is 1. The molecule has 1 aliphatic heterocycles. The average molecular weight is 369 g/mol. The molecule has 7 nitrogen and oxygen atoms in total. The number of likely N-dealkylation sites (N-methyl/N-ethyl adjacent to an activating group) is 1. The molecule has 3 rings (SSSR count). The highest BCUT2D eigenvalue weighted by Gasteiger charge is 2.28. The van der Waals surface area contributed by atoms with Crippen LogP contribution in [0, 0.1) is 10.1 Å². The first-order chi connectivity index (χ1) is 13.0. The van der Waals surface area contributed by atoms with Crippen LogP contribution in [0.4, 0.5) is 11.4 Å². The molecule has 1 heterocycles. The molecule has 1 atom stereocenters. The lowest BCUT2D eigenvalue weighted by molar-refractivity contribution is -0.384. The SMILES string of the molecule is COc1ccc(C2CCCN2CC(=O)N(C)c2ccc([N+](=O)[O-])cc2)cc1. The molecule has 2 aromatic carbocycles. The molecule has 7 heteroatoms. The second kappa shape index (κ2) is 8.18. The van der Waals surface area contributed by atoms with Crippen LogP contribution >= 0.6 is 0 Å². The third-order valence-corrected chi connectivity index (χ3v) is 5.02. The lowest BCUT2D eigenvalue weighted by Gasteiger charge is -2.27. The summed E-state index contributed by atoms with van der Waals surface area (Å²) in [7, 11) is 3.34. The van der Waals surface area contributed by atoms with E-state index >= 15 is 0 Å². The number of carbonyl (C=O) groups is 1. The molecule has 0 aromatic heterocycles. The molecule has 0 spiro atoms. The molecule has 0 saturated carbocycles. The van der Waals surface area contributed by atoms with Crippen molar-refractivity contribution in [1.29, 1.82) is 0 Å². The van der Waals surface area contributed by atoms with E-state index in [1.165, 1.54) is 17.7 Å². The number of rotatable bonds is 6. The molecule has 1 aliphatic rings. The maximum absolute atomic E-state index is 12.7. The number of hydrogen-bond acceptors (Lipinski definition) is 5. The summed E-state index contributed by atoms with van der Waals surface area (Å²) in [6, 6.07) is 14.2. The van der Waals surface area contributed by atoms with Crippen LogP contribution in [0.2, 0.25) is 0 Å². The van der Waals surface area contributed by atoms with Crippen LogP contribution in [-0.4, -0.2) is 43.0 Å². The van der Waals surface area contributed by atoms with E-state index in [4.69, 9.17) is 4.74 Å². The third kappa shape index (κ3) is 4.25. The van der Waals surface area contributed by atoms with E-state index in [1.807, 2.05) is 24.3 Å². The van der Waals surface area contributed by atoms with Crippen LogP contribution in [-0.2, 0) is 4.79 Å². The van der Waals surface area contributed by atoms with Crippen molar-refractivity contribution in [3.8, 4) is 5.75 Å². The fourth-order valence-electron chi connectivity index (χ4n) is 3.44. The van der Waals surface area contributed by atoms with Gasteiger partial charge in [0, 0.05) is 30.9 Å². The topological polar surface area (TPSA) is 75.9 Å². The number of anilines is 1. The second-order valence-corrected chi connectivity index (χ2v) is 6.63. The van der Waals surface area contributed by atoms with Gasteiger partial charge in [-0.2, -0.15) is 0 Å². The van der Waals surface area contributed by atoms with Gasteiger partial charge >= 0.3 is 0 Å². The lowest BCUT2D eigenvalue weighted by atomic mass is 10.0. The maximum Gasteiger partial charge on any atom is 0.269 e. The van der Waals surface area contributed by atoms with Gasteiger partial charge in [-0.3, -0.25) is 19.8 Å². The van der Waals surface area contributed by atoms with E-state index in [0.29, 0.717) is 12.2 Å². The van der Waals surface area contributed by atoms with Crippen LogP contribution in [0.15, 0.2) is 48.5 Å². The normalized spacial score (nSPS) is 16.9. The second-order valence-electron chi connectivity index (χ2n) is 6.63. The Kier molecular flexibility index (Phi) is 5.71. The number of ether oxygens (including phenoxy) is 1. The maximum atomic E-state index is 12.7. The highest BCUT2D eigenvalue weighted by Crippen LogP contribution is 2.32. The minimum atomic E-state index is -0.449. The van der Waals surface area contributed by atoms with Crippen molar-refractivity contribution in [1.82, 2.24) is 4.90 Å². The molecule has 1 amide bonds. The van der Waals surface area contributed by atoms with Gasteiger partial charge in [0.2, 0.25) is 5.91 Å². The molecule has 1 saturated heterocycles. The number of likely N-dealkylation sites (tertiary alicyclic amines) is 1. The Morgan fingerprint density at radius 3 is 2.48 bits per heavy atom. The van der Waals surface area contributed by atoms with Gasteiger partial charge in [-0.25, -0.2) is 0 Å². The summed E-state index contributed by atoms with van der Waals surface area (Å²) < 4.78 is 5.21. The van der Waals surface area contributed by atoms with Crippen molar-refractivity contribution in [3.05, 3.63) is 64.2 Å². The Labute approximate surface area is 158 Å². The van der Waals surface area contributed by atoms with E-state index in [2.05, 4.69) is 4.90 Å². The van der Waals surface area contributed by atoms with E-state index in [9.17, 15) is 14.9 Å². The number of hydrogen-bond donors (Lipinski definition) is 0. The molecule has 0 aliphatic carbocycles. The van der Waals surface area contributed by atoms with Crippen molar-refractivity contribution in [2.24, 2.45) is 0 Å². The summed E-state index contributed by atoms with van der Waals surface area (Å²) in [5, 5.41) is 10.8. The molecule has 0 N–H and O–H groups in total. The van der Waals surface area contributed by atoms with Gasteiger partial charge < -0.3 is 9.64 Å². The molecular formula is C20H23N3O4. The molecular weight excluding hydrogens is 346 g/mol. The number of benzene rings is 2. The zero-order chi connectivity index (χ0) is 19.4. The fourth-order valence-corrected chi connectivity index (χ4v) is 3.44. The summed E-state index contributed by atoms with van der Waals surface area (Å²) in [5.41, 5.74) is 1.84. The minimum Gasteiger partial charge on any atom is -0.497 e. The zero-order valence-corrected chi connectivity index (χ0v) is 15.5. The van der Waals surface area contributed by atoms with Crippen molar-refractivity contribution in [2.45, 2.75) is 18.9 Å². The monoisotopic (exact) mass is 369 g/mol. The quantitative estimate of drug-likeness (QED) is 0.576. The predicted molar refractivity (Wildman–Crippen MR) is 103 cm³/mol. The van der Waals surface area contributed by atoms with Gasteiger partial charge in [0.15, 0.2) is 0 Å². The predicted octanol–water partition coefficient (Wildman–Crippen LogP) is 3.40. The van der Waals surface area contributed by atoms with E-state index < -0.39 is 4.92 Å². The van der Waals surface area contributed by atoms with Gasteiger partial charge in [-0.05, 0) is 49.2 Å².